The van der Waals surface area contributed by atoms with E-state index in [1.54, 1.807) is 0 Å². The summed E-state index contributed by atoms with van der Waals surface area (Å²) in [4.78, 5) is 10.5. The summed E-state index contributed by atoms with van der Waals surface area (Å²) in [5.74, 6) is 0. The van der Waals surface area contributed by atoms with Crippen LogP contribution in [0.4, 0.5) is 11.4 Å². The van der Waals surface area contributed by atoms with Gasteiger partial charge in [0.25, 0.3) is 0 Å². The number of nitrogens with one attached hydrogen (secondary N) is 1. The first kappa shape index (κ1) is 17.7. The van der Waals surface area contributed by atoms with Crippen molar-refractivity contribution in [3.05, 3.63) is 63.2 Å². The molecule has 6 nitrogen and oxygen atoms in total. The van der Waals surface area contributed by atoms with Crippen molar-refractivity contribution in [1.29, 1.82) is 0 Å². The predicted molar refractivity (Wildman–Crippen MR) is 97.1 cm³/mol. The predicted octanol–water partition coefficient (Wildman–Crippen LogP) is 3.80. The van der Waals surface area contributed by atoms with Crippen LogP contribution in [-0.2, 0) is 15.3 Å². The van der Waals surface area contributed by atoms with Crippen molar-refractivity contribution >= 4 is 32.8 Å². The number of anilines is 1. The fourth-order valence-electron chi connectivity index (χ4n) is 2.94. The second-order valence-corrected chi connectivity index (χ2v) is 8.74. The summed E-state index contributed by atoms with van der Waals surface area (Å²) in [7, 11) is -3.69. The fourth-order valence-corrected chi connectivity index (χ4v) is 3.93. The highest BCUT2D eigenvalue weighted by Crippen LogP contribution is 2.48. The summed E-state index contributed by atoms with van der Waals surface area (Å²) >= 11 is 5.92. The molecule has 25 heavy (non-hydrogen) atoms. The number of halogens is 1. The minimum atomic E-state index is -3.69. The molecule has 2 aromatic carbocycles. The Balaban J connectivity index is 1.89. The molecule has 0 radical (unpaired) electrons. The van der Waals surface area contributed by atoms with Crippen LogP contribution < -0.4 is 5.32 Å². The third-order valence-electron chi connectivity index (χ3n) is 4.51. The quantitative estimate of drug-likeness (QED) is 0.608. The van der Waals surface area contributed by atoms with Crippen molar-refractivity contribution in [2.24, 2.45) is 0 Å². The molecule has 1 aliphatic rings. The smallest absolute Gasteiger partial charge is 0.310 e. The second kappa shape index (κ2) is 6.31. The van der Waals surface area contributed by atoms with Gasteiger partial charge in [0.05, 0.1) is 4.92 Å². The van der Waals surface area contributed by atoms with Crippen molar-refractivity contribution in [3.8, 4) is 0 Å². The molecule has 2 aromatic rings. The van der Waals surface area contributed by atoms with Crippen LogP contribution in [0.25, 0.3) is 0 Å². The Labute approximate surface area is 150 Å². The van der Waals surface area contributed by atoms with E-state index in [1.165, 1.54) is 18.2 Å². The van der Waals surface area contributed by atoms with Gasteiger partial charge in [0.1, 0.15) is 10.6 Å². The summed E-state index contributed by atoms with van der Waals surface area (Å²) < 4.78 is 23.7. The maximum atomic E-state index is 11.8. The van der Waals surface area contributed by atoms with Gasteiger partial charge >= 0.3 is 5.69 Å². The van der Waals surface area contributed by atoms with E-state index in [2.05, 4.69) is 5.32 Å². The Kier molecular flexibility index (Phi) is 4.47. The van der Waals surface area contributed by atoms with Gasteiger partial charge in [-0.3, -0.25) is 10.1 Å². The van der Waals surface area contributed by atoms with Crippen molar-refractivity contribution < 1.29 is 13.3 Å². The first-order valence-electron chi connectivity index (χ1n) is 7.70. The number of benzene rings is 2. The maximum Gasteiger partial charge on any atom is 0.310 e. The van der Waals surface area contributed by atoms with Crippen LogP contribution in [0.1, 0.15) is 18.4 Å². The lowest BCUT2D eigenvalue weighted by Crippen LogP contribution is -2.20. The van der Waals surface area contributed by atoms with Gasteiger partial charge in [-0.25, -0.2) is 8.42 Å². The van der Waals surface area contributed by atoms with Crippen LogP contribution in [0.2, 0.25) is 5.02 Å². The molecule has 3 rings (SSSR count). The molecule has 1 aliphatic carbocycles. The zero-order valence-corrected chi connectivity index (χ0v) is 15.1. The van der Waals surface area contributed by atoms with Gasteiger partial charge in [-0.15, -0.1) is 0 Å². The molecule has 0 atom stereocenters. The molecule has 0 spiro atoms. The van der Waals surface area contributed by atoms with Gasteiger partial charge in [-0.2, -0.15) is 0 Å². The van der Waals surface area contributed by atoms with E-state index in [-0.39, 0.29) is 16.0 Å². The van der Waals surface area contributed by atoms with E-state index in [9.17, 15) is 18.5 Å². The van der Waals surface area contributed by atoms with Gasteiger partial charge in [-0.05, 0) is 42.7 Å². The van der Waals surface area contributed by atoms with Crippen molar-refractivity contribution in [2.75, 3.05) is 18.1 Å². The third-order valence-corrected chi connectivity index (χ3v) is 5.89. The minimum Gasteiger partial charge on any atom is -0.379 e. The van der Waals surface area contributed by atoms with Gasteiger partial charge in [0, 0.05) is 23.2 Å². The summed E-state index contributed by atoms with van der Waals surface area (Å²) in [5.41, 5.74) is 0.830. The Morgan fingerprint density at radius 3 is 2.36 bits per heavy atom. The normalized spacial score (nSPS) is 15.6. The number of hydrogen-bond donors (Lipinski definition) is 1. The molecule has 0 amide bonds. The molecule has 0 aromatic heterocycles. The molecule has 0 heterocycles. The molecule has 1 fully saturated rings. The standard InChI is InChI=1S/C17H17ClN2O4S/c1-25(23,24)15-4-2-3-14(16(15)20(21)22)19-11-17(9-10-17)12-5-7-13(18)8-6-12/h2-8,19H,9-11H2,1H3. The molecular weight excluding hydrogens is 364 g/mol. The molecule has 0 bridgehead atoms. The average Bonchev–Trinajstić information content (AvgIpc) is 3.33. The fraction of sp³-hybridized carbons (Fsp3) is 0.294. The van der Waals surface area contributed by atoms with Gasteiger partial charge in [-0.1, -0.05) is 29.8 Å². The van der Waals surface area contributed by atoms with E-state index < -0.39 is 20.4 Å². The first-order chi connectivity index (χ1) is 11.7. The summed E-state index contributed by atoms with van der Waals surface area (Å²) in [6.45, 7) is 0.489. The molecule has 0 unspecified atom stereocenters. The third kappa shape index (κ3) is 3.62. The van der Waals surface area contributed by atoms with Crippen molar-refractivity contribution in [3.63, 3.8) is 0 Å². The number of nitro groups is 1. The highest BCUT2D eigenvalue weighted by Gasteiger charge is 2.44. The van der Waals surface area contributed by atoms with Crippen LogP contribution in [0, 0.1) is 10.1 Å². The number of nitrogens with zero attached hydrogens (tertiary/aromatic N) is 1. The zero-order valence-electron chi connectivity index (χ0n) is 13.5. The summed E-state index contributed by atoms with van der Waals surface area (Å²) in [6.07, 6.45) is 2.89. The lowest BCUT2D eigenvalue weighted by Gasteiger charge is -2.18. The van der Waals surface area contributed by atoms with Crippen molar-refractivity contribution in [1.82, 2.24) is 0 Å². The van der Waals surface area contributed by atoms with Crippen LogP contribution >= 0.6 is 11.6 Å². The molecule has 0 saturated heterocycles. The van der Waals surface area contributed by atoms with E-state index in [1.807, 2.05) is 24.3 Å². The number of hydrogen-bond acceptors (Lipinski definition) is 5. The Bertz CT molecular complexity index is 922. The second-order valence-electron chi connectivity index (χ2n) is 6.32. The van der Waals surface area contributed by atoms with E-state index >= 15 is 0 Å². The average molecular weight is 381 g/mol. The lowest BCUT2D eigenvalue weighted by atomic mass is 9.96. The maximum absolute atomic E-state index is 11.8. The SMILES string of the molecule is CS(=O)(=O)c1cccc(NCC2(c3ccc(Cl)cc3)CC2)c1[N+](=O)[O-]. The van der Waals surface area contributed by atoms with Crippen LogP contribution in [0.15, 0.2) is 47.4 Å². The highest BCUT2D eigenvalue weighted by atomic mass is 35.5. The van der Waals surface area contributed by atoms with Gasteiger partial charge in [0.15, 0.2) is 9.84 Å². The highest BCUT2D eigenvalue weighted by molar-refractivity contribution is 7.90. The molecule has 1 N–H and O–H groups in total. The van der Waals surface area contributed by atoms with Crippen LogP contribution in [-0.4, -0.2) is 26.1 Å². The molecule has 1 saturated carbocycles. The van der Waals surface area contributed by atoms with E-state index in [4.69, 9.17) is 11.6 Å². The largest absolute Gasteiger partial charge is 0.379 e. The van der Waals surface area contributed by atoms with Crippen molar-refractivity contribution in [2.45, 2.75) is 23.2 Å². The topological polar surface area (TPSA) is 89.3 Å². The Morgan fingerprint density at radius 1 is 1.20 bits per heavy atom. The molecular formula is C17H17ClN2O4S. The number of nitro benzene ring substituents is 1. The molecule has 8 heteroatoms. The van der Waals surface area contributed by atoms with Gasteiger partial charge in [0.2, 0.25) is 0 Å². The Morgan fingerprint density at radius 2 is 1.84 bits per heavy atom. The van der Waals surface area contributed by atoms with Gasteiger partial charge < -0.3 is 5.32 Å². The minimum absolute atomic E-state index is 0.0977. The van der Waals surface area contributed by atoms with E-state index in [0.29, 0.717) is 11.6 Å². The number of sulfone groups is 1. The zero-order chi connectivity index (χ0) is 18.2. The summed E-state index contributed by atoms with van der Waals surface area (Å²) in [5, 5.41) is 15.2. The molecule has 0 aliphatic heterocycles. The lowest BCUT2D eigenvalue weighted by molar-refractivity contribution is -0.386. The molecule has 132 valence electrons. The van der Waals surface area contributed by atoms with Crippen LogP contribution in [0.5, 0.6) is 0 Å². The summed E-state index contributed by atoms with van der Waals surface area (Å²) in [6, 6.07) is 11.9. The number of rotatable bonds is 6. The first-order valence-corrected chi connectivity index (χ1v) is 9.97. The Hall–Kier alpha value is -2.12. The number of para-hydroxylation sites is 1. The monoisotopic (exact) mass is 380 g/mol. The van der Waals surface area contributed by atoms with E-state index in [0.717, 1.165) is 24.7 Å². The van der Waals surface area contributed by atoms with Crippen LogP contribution in [0.3, 0.4) is 0 Å².